The van der Waals surface area contributed by atoms with Crippen molar-refractivity contribution in [2.24, 2.45) is 0 Å². The van der Waals surface area contributed by atoms with E-state index in [0.717, 1.165) is 12.2 Å². The molecule has 0 saturated heterocycles. The maximum Gasteiger partial charge on any atom is 0.119 e. The maximum absolute atomic E-state index is 5.76. The van der Waals surface area contributed by atoms with E-state index in [9.17, 15) is 0 Å². The highest BCUT2D eigenvalue weighted by atomic mass is 16.6. The first kappa shape index (κ1) is 38.5. The van der Waals surface area contributed by atoms with Gasteiger partial charge in [0.25, 0.3) is 0 Å². The van der Waals surface area contributed by atoms with Crippen molar-refractivity contribution < 1.29 is 42.6 Å². The van der Waals surface area contributed by atoms with Crippen LogP contribution >= 0.6 is 0 Å². The first-order chi connectivity index (χ1) is 20.9. The predicted octanol–water partition coefficient (Wildman–Crippen LogP) is 5.29. The summed E-state index contributed by atoms with van der Waals surface area (Å²) >= 11 is 0. The van der Waals surface area contributed by atoms with Gasteiger partial charge in [0.2, 0.25) is 0 Å². The zero-order valence-corrected chi connectivity index (χ0v) is 26.2. The molecule has 0 amide bonds. The molecule has 0 radical (unpaired) electrons. The van der Waals surface area contributed by atoms with Gasteiger partial charge in [-0.2, -0.15) is 0 Å². The van der Waals surface area contributed by atoms with Gasteiger partial charge in [0.1, 0.15) is 12.4 Å². The van der Waals surface area contributed by atoms with Gasteiger partial charge in [0.15, 0.2) is 0 Å². The third-order valence-corrected chi connectivity index (χ3v) is 6.08. The largest absolute Gasteiger partial charge is 0.491 e. The van der Waals surface area contributed by atoms with Gasteiger partial charge < -0.3 is 42.6 Å². The smallest absolute Gasteiger partial charge is 0.119 e. The third kappa shape index (κ3) is 27.3. The summed E-state index contributed by atoms with van der Waals surface area (Å²) in [6.07, 6.45) is 10.8. The van der Waals surface area contributed by atoms with E-state index in [1.165, 1.54) is 44.1 Å². The normalized spacial score (nSPS) is 11.3. The highest BCUT2D eigenvalue weighted by molar-refractivity contribution is 5.27. The Hall–Kier alpha value is -1.56. The molecule has 0 fully saturated rings. The summed E-state index contributed by atoms with van der Waals surface area (Å²) in [5.74, 6) is 0.889. The van der Waals surface area contributed by atoms with Crippen LogP contribution in [0, 0.1) is 0 Å². The Morgan fingerprint density at radius 2 is 0.857 bits per heavy atom. The molecule has 1 aromatic carbocycles. The Kier molecular flexibility index (Phi) is 29.6. The molecule has 1 rings (SSSR count). The third-order valence-electron chi connectivity index (χ3n) is 6.08. The molecule has 0 aromatic heterocycles. The molecule has 0 N–H and O–H groups in total. The van der Waals surface area contributed by atoms with E-state index in [-0.39, 0.29) is 0 Å². The van der Waals surface area contributed by atoms with Crippen LogP contribution in [0.1, 0.15) is 51.0 Å². The van der Waals surface area contributed by atoms with Gasteiger partial charge >= 0.3 is 0 Å². The number of hydrogen-bond donors (Lipinski definition) is 0. The summed E-state index contributed by atoms with van der Waals surface area (Å²) in [6, 6.07) is 8.44. The van der Waals surface area contributed by atoms with Crippen molar-refractivity contribution in [3.8, 4) is 5.75 Å². The van der Waals surface area contributed by atoms with Gasteiger partial charge in [-0.05, 0) is 30.5 Å². The van der Waals surface area contributed by atoms with Crippen molar-refractivity contribution >= 4 is 0 Å². The van der Waals surface area contributed by atoms with Crippen LogP contribution < -0.4 is 4.74 Å². The Morgan fingerprint density at radius 1 is 0.476 bits per heavy atom. The second-order valence-electron chi connectivity index (χ2n) is 9.66. The zero-order chi connectivity index (χ0) is 30.0. The quantitative estimate of drug-likeness (QED) is 0.0777. The molecule has 244 valence electrons. The van der Waals surface area contributed by atoms with Crippen LogP contribution in [0.15, 0.2) is 36.9 Å². The number of hydrogen-bond acceptors (Lipinski definition) is 9. The molecule has 0 spiro atoms. The number of unbranched alkanes of at least 4 members (excludes halogenated alkanes) is 5. The highest BCUT2D eigenvalue weighted by Gasteiger charge is 1.99. The number of aryl methyl sites for hydroxylation is 1. The van der Waals surface area contributed by atoms with Crippen LogP contribution in [-0.2, 0) is 44.3 Å². The molecule has 0 unspecified atom stereocenters. The van der Waals surface area contributed by atoms with E-state index in [2.05, 4.69) is 37.8 Å². The van der Waals surface area contributed by atoms with Crippen LogP contribution in [0.2, 0.25) is 0 Å². The lowest BCUT2D eigenvalue weighted by Gasteiger charge is -2.09. The summed E-state index contributed by atoms with van der Waals surface area (Å²) in [6.45, 7) is 15.0. The van der Waals surface area contributed by atoms with Crippen LogP contribution in [-0.4, -0.2) is 112 Å². The standard InChI is InChI=1S/C33H58O9/c1-3-5-6-7-8-9-10-32-11-13-33(14-12-32)42-31-30-41-29-28-40-27-26-39-25-24-38-23-22-37-21-20-36-19-18-35-17-16-34-15-4-2/h4,11-14H,2-3,5-10,15-31H2,1H3. The van der Waals surface area contributed by atoms with Crippen molar-refractivity contribution in [1.29, 1.82) is 0 Å². The number of benzene rings is 1. The molecule has 9 heteroatoms. The lowest BCUT2D eigenvalue weighted by Crippen LogP contribution is -2.15. The molecule has 9 nitrogen and oxygen atoms in total. The first-order valence-electron chi connectivity index (χ1n) is 15.8. The van der Waals surface area contributed by atoms with Gasteiger partial charge in [-0.3, -0.25) is 0 Å². The molecule has 0 aliphatic rings. The van der Waals surface area contributed by atoms with E-state index in [4.69, 9.17) is 42.6 Å². The van der Waals surface area contributed by atoms with Crippen molar-refractivity contribution in [3.05, 3.63) is 42.5 Å². The summed E-state index contributed by atoms with van der Waals surface area (Å²) in [4.78, 5) is 0. The van der Waals surface area contributed by atoms with Crippen molar-refractivity contribution in [1.82, 2.24) is 0 Å². The minimum atomic E-state index is 0.526. The van der Waals surface area contributed by atoms with Crippen LogP contribution in [0.5, 0.6) is 5.75 Å². The monoisotopic (exact) mass is 598 g/mol. The predicted molar refractivity (Wildman–Crippen MR) is 166 cm³/mol. The summed E-state index contributed by atoms with van der Waals surface area (Å²) in [5.41, 5.74) is 1.38. The van der Waals surface area contributed by atoms with Gasteiger partial charge in [-0.15, -0.1) is 6.58 Å². The zero-order valence-electron chi connectivity index (χ0n) is 26.2. The van der Waals surface area contributed by atoms with Crippen molar-refractivity contribution in [2.75, 3.05) is 112 Å². The minimum Gasteiger partial charge on any atom is -0.491 e. The van der Waals surface area contributed by atoms with E-state index < -0.39 is 0 Å². The van der Waals surface area contributed by atoms with Crippen LogP contribution in [0.25, 0.3) is 0 Å². The minimum absolute atomic E-state index is 0.526. The molecule has 0 aliphatic carbocycles. The lowest BCUT2D eigenvalue weighted by molar-refractivity contribution is -0.0231. The fourth-order valence-electron chi connectivity index (χ4n) is 3.79. The molecule has 0 saturated carbocycles. The Morgan fingerprint density at radius 3 is 1.29 bits per heavy atom. The second-order valence-corrected chi connectivity index (χ2v) is 9.66. The Bertz CT molecular complexity index is 672. The van der Waals surface area contributed by atoms with Crippen LogP contribution in [0.3, 0.4) is 0 Å². The molecule has 1 aromatic rings. The van der Waals surface area contributed by atoms with Gasteiger partial charge in [0, 0.05) is 0 Å². The SMILES string of the molecule is C=CCOCCOCCOCCOCCOCCOCCOCCOCCOc1ccc(CCCCCCCC)cc1. The van der Waals surface area contributed by atoms with Crippen molar-refractivity contribution in [2.45, 2.75) is 51.9 Å². The maximum atomic E-state index is 5.76. The topological polar surface area (TPSA) is 83.1 Å². The van der Waals surface area contributed by atoms with E-state index in [1.807, 2.05) is 0 Å². The lowest BCUT2D eigenvalue weighted by atomic mass is 10.0. The number of ether oxygens (including phenoxy) is 9. The van der Waals surface area contributed by atoms with E-state index in [0.29, 0.717) is 112 Å². The Labute approximate surface area is 255 Å². The first-order valence-corrected chi connectivity index (χ1v) is 15.8. The fourth-order valence-corrected chi connectivity index (χ4v) is 3.79. The molecule has 0 bridgehead atoms. The Balaban J connectivity index is 1.73. The van der Waals surface area contributed by atoms with Gasteiger partial charge in [0.05, 0.1) is 106 Å². The molecule has 0 heterocycles. The van der Waals surface area contributed by atoms with Crippen LogP contribution in [0.4, 0.5) is 0 Å². The van der Waals surface area contributed by atoms with Crippen molar-refractivity contribution in [3.63, 3.8) is 0 Å². The summed E-state index contributed by atoms with van der Waals surface area (Å²) < 4.78 is 49.3. The molecule has 0 aliphatic heterocycles. The number of rotatable bonds is 34. The van der Waals surface area contributed by atoms with E-state index in [1.54, 1.807) is 6.08 Å². The average Bonchev–Trinajstić information content (AvgIpc) is 3.01. The molecular weight excluding hydrogens is 540 g/mol. The second kappa shape index (κ2) is 32.4. The summed E-state index contributed by atoms with van der Waals surface area (Å²) in [7, 11) is 0. The highest BCUT2D eigenvalue weighted by Crippen LogP contribution is 2.15. The summed E-state index contributed by atoms with van der Waals surface area (Å²) in [5, 5.41) is 0. The molecule has 42 heavy (non-hydrogen) atoms. The average molecular weight is 599 g/mol. The molecule has 0 atom stereocenters. The fraction of sp³-hybridized carbons (Fsp3) is 0.758. The van der Waals surface area contributed by atoms with Gasteiger partial charge in [-0.25, -0.2) is 0 Å². The van der Waals surface area contributed by atoms with E-state index >= 15 is 0 Å². The van der Waals surface area contributed by atoms with Gasteiger partial charge in [-0.1, -0.05) is 57.2 Å². The molecular formula is C33H58O9.